The first-order chi connectivity index (χ1) is 19.9. The van der Waals surface area contributed by atoms with E-state index in [4.69, 9.17) is 14.2 Å². The second-order valence-electron chi connectivity index (χ2n) is 10.4. The van der Waals surface area contributed by atoms with Gasteiger partial charge in [-0.15, -0.1) is 0 Å². The van der Waals surface area contributed by atoms with Crippen molar-refractivity contribution < 1.29 is 28.9 Å². The van der Waals surface area contributed by atoms with E-state index in [1.807, 2.05) is 48.9 Å². The van der Waals surface area contributed by atoms with Crippen LogP contribution in [-0.4, -0.2) is 57.1 Å². The topological polar surface area (TPSA) is 103 Å². The van der Waals surface area contributed by atoms with E-state index in [9.17, 15) is 14.7 Å². The zero-order valence-corrected chi connectivity index (χ0v) is 23.8. The first kappa shape index (κ1) is 28.3. The van der Waals surface area contributed by atoms with Crippen molar-refractivity contribution in [3.63, 3.8) is 0 Å². The van der Waals surface area contributed by atoms with Gasteiger partial charge in [-0.1, -0.05) is 19.4 Å². The van der Waals surface area contributed by atoms with Crippen LogP contribution in [0.15, 0.2) is 60.7 Å². The number of hydrogen-bond acceptors (Lipinski definition) is 7. The predicted octanol–water partition coefficient (Wildman–Crippen LogP) is 5.30. The van der Waals surface area contributed by atoms with Gasteiger partial charge in [0.1, 0.15) is 17.6 Å². The van der Waals surface area contributed by atoms with Crippen LogP contribution in [0.2, 0.25) is 0 Å². The maximum atomic E-state index is 13.5. The number of benzene rings is 2. The number of Topliss-reactive ketones (excluding diaryl/α,β-unsaturated/α-hetero) is 1. The fourth-order valence-electron chi connectivity index (χ4n) is 5.43. The number of carbonyl (C=O) groups is 2. The third-order valence-corrected chi connectivity index (χ3v) is 7.42. The lowest BCUT2D eigenvalue weighted by Gasteiger charge is -2.26. The number of ketones is 1. The molecule has 2 aliphatic rings. The lowest BCUT2D eigenvalue weighted by atomic mass is 9.94. The van der Waals surface area contributed by atoms with Crippen LogP contribution < -0.4 is 14.2 Å². The van der Waals surface area contributed by atoms with Crippen molar-refractivity contribution in [2.24, 2.45) is 0 Å². The summed E-state index contributed by atoms with van der Waals surface area (Å²) in [4.78, 5) is 32.6. The molecule has 5 rings (SSSR count). The van der Waals surface area contributed by atoms with E-state index in [1.54, 1.807) is 29.6 Å². The highest BCUT2D eigenvalue weighted by molar-refractivity contribution is 6.46. The Bertz CT molecular complexity index is 1430. The molecule has 1 aromatic heterocycles. The van der Waals surface area contributed by atoms with Crippen molar-refractivity contribution in [1.82, 2.24) is 14.5 Å². The summed E-state index contributed by atoms with van der Waals surface area (Å²) in [7, 11) is 0. The van der Waals surface area contributed by atoms with Crippen LogP contribution in [0.25, 0.3) is 5.76 Å². The standard InChI is InChI=1S/C32H37N3O6/c1-4-6-16-40-26-11-8-22(19-27(26)39-5-2)29-28(30(36)23-9-10-25-24(18-23)17-21(3)41-25)31(37)32(38)35(29)14-7-13-34-15-12-33-20-34/h8-12,15,18-21,29,36H,4-7,13-14,16-17H2,1-3H3/t21-,29-/m0/s1. The number of aliphatic hydroxyl groups excluding tert-OH is 1. The van der Waals surface area contributed by atoms with Crippen LogP contribution in [-0.2, 0) is 22.6 Å². The molecule has 41 heavy (non-hydrogen) atoms. The Hall–Kier alpha value is -4.27. The lowest BCUT2D eigenvalue weighted by Crippen LogP contribution is -2.31. The molecule has 2 aromatic carbocycles. The molecule has 0 spiro atoms. The zero-order valence-electron chi connectivity index (χ0n) is 23.8. The number of hydrogen-bond donors (Lipinski definition) is 1. The van der Waals surface area contributed by atoms with Crippen molar-refractivity contribution in [3.8, 4) is 17.2 Å². The molecule has 0 unspecified atom stereocenters. The largest absolute Gasteiger partial charge is 0.507 e. The van der Waals surface area contributed by atoms with Gasteiger partial charge in [-0.05, 0) is 68.1 Å². The van der Waals surface area contributed by atoms with Crippen molar-refractivity contribution in [2.45, 2.75) is 65.1 Å². The van der Waals surface area contributed by atoms with Crippen LogP contribution in [0.1, 0.15) is 62.8 Å². The first-order valence-electron chi connectivity index (χ1n) is 14.3. The minimum Gasteiger partial charge on any atom is -0.507 e. The number of aromatic nitrogens is 2. The Labute approximate surface area is 240 Å². The van der Waals surface area contributed by atoms with Gasteiger partial charge in [0, 0.05) is 37.5 Å². The number of nitrogens with zero attached hydrogens (tertiary/aromatic N) is 3. The lowest BCUT2D eigenvalue weighted by molar-refractivity contribution is -0.139. The number of unbranched alkanes of at least 4 members (excludes halogenated alkanes) is 1. The van der Waals surface area contributed by atoms with Crippen molar-refractivity contribution in [1.29, 1.82) is 0 Å². The highest BCUT2D eigenvalue weighted by Crippen LogP contribution is 2.43. The molecule has 0 radical (unpaired) electrons. The summed E-state index contributed by atoms with van der Waals surface area (Å²) >= 11 is 0. The smallest absolute Gasteiger partial charge is 0.295 e. The molecular weight excluding hydrogens is 522 g/mol. The average molecular weight is 560 g/mol. The van der Waals surface area contributed by atoms with Gasteiger partial charge in [0.05, 0.1) is 31.2 Å². The van der Waals surface area contributed by atoms with Gasteiger partial charge in [0.2, 0.25) is 0 Å². The summed E-state index contributed by atoms with van der Waals surface area (Å²) in [6.45, 7) is 7.91. The SMILES string of the molecule is CCCCOc1ccc([C@H]2C(=C(O)c3ccc4c(c3)C[C@H](C)O4)C(=O)C(=O)N2CCCn2ccnc2)cc1OCC. The fourth-order valence-corrected chi connectivity index (χ4v) is 5.43. The monoisotopic (exact) mass is 559 g/mol. The van der Waals surface area contributed by atoms with E-state index >= 15 is 0 Å². The van der Waals surface area contributed by atoms with Gasteiger partial charge in [0.25, 0.3) is 11.7 Å². The fraction of sp³-hybridized carbons (Fsp3) is 0.406. The molecule has 0 saturated carbocycles. The van der Waals surface area contributed by atoms with Gasteiger partial charge in [-0.2, -0.15) is 0 Å². The van der Waals surface area contributed by atoms with Crippen LogP contribution in [0.3, 0.4) is 0 Å². The summed E-state index contributed by atoms with van der Waals surface area (Å²) in [6.07, 6.45) is 8.54. The van der Waals surface area contributed by atoms with Gasteiger partial charge in [0.15, 0.2) is 11.5 Å². The summed E-state index contributed by atoms with van der Waals surface area (Å²) in [5.41, 5.74) is 2.16. The highest BCUT2D eigenvalue weighted by atomic mass is 16.5. The number of rotatable bonds is 12. The molecule has 1 fully saturated rings. The average Bonchev–Trinajstić information content (AvgIpc) is 3.68. The number of imidazole rings is 1. The van der Waals surface area contributed by atoms with Gasteiger partial charge < -0.3 is 28.8 Å². The summed E-state index contributed by atoms with van der Waals surface area (Å²) in [5.74, 6) is 0.366. The van der Waals surface area contributed by atoms with Gasteiger partial charge in [-0.25, -0.2) is 4.98 Å². The van der Waals surface area contributed by atoms with Crippen LogP contribution >= 0.6 is 0 Å². The summed E-state index contributed by atoms with van der Waals surface area (Å²) in [5, 5.41) is 11.6. The van der Waals surface area contributed by atoms with E-state index in [2.05, 4.69) is 11.9 Å². The number of amides is 1. The maximum absolute atomic E-state index is 13.5. The molecular formula is C32H37N3O6. The second-order valence-corrected chi connectivity index (χ2v) is 10.4. The Kier molecular flexibility index (Phi) is 8.61. The number of carbonyl (C=O) groups excluding carboxylic acids is 2. The van der Waals surface area contributed by atoms with E-state index in [-0.39, 0.29) is 17.4 Å². The second kappa shape index (κ2) is 12.5. The zero-order chi connectivity index (χ0) is 28.9. The molecule has 2 atom stereocenters. The van der Waals surface area contributed by atoms with Crippen LogP contribution in [0.4, 0.5) is 0 Å². The number of ether oxygens (including phenoxy) is 3. The Morgan fingerprint density at radius 2 is 1.93 bits per heavy atom. The molecule has 1 saturated heterocycles. The van der Waals surface area contributed by atoms with E-state index in [0.717, 1.165) is 24.2 Å². The molecule has 216 valence electrons. The Balaban J connectivity index is 1.54. The van der Waals surface area contributed by atoms with Gasteiger partial charge >= 0.3 is 0 Å². The van der Waals surface area contributed by atoms with E-state index < -0.39 is 17.7 Å². The molecule has 9 heteroatoms. The van der Waals surface area contributed by atoms with Crippen LogP contribution in [0.5, 0.6) is 17.2 Å². The highest BCUT2D eigenvalue weighted by Gasteiger charge is 2.46. The molecule has 2 aliphatic heterocycles. The molecule has 3 aromatic rings. The minimum atomic E-state index is -0.787. The normalized spacial score (nSPS) is 19.3. The minimum absolute atomic E-state index is 0.0403. The van der Waals surface area contributed by atoms with Crippen molar-refractivity contribution in [2.75, 3.05) is 19.8 Å². The summed E-state index contributed by atoms with van der Waals surface area (Å²) < 4.78 is 19.6. The van der Waals surface area contributed by atoms with E-state index in [1.165, 1.54) is 0 Å². The Morgan fingerprint density at radius 1 is 1.07 bits per heavy atom. The summed E-state index contributed by atoms with van der Waals surface area (Å²) in [6, 6.07) is 10.1. The maximum Gasteiger partial charge on any atom is 0.295 e. The first-order valence-corrected chi connectivity index (χ1v) is 14.3. The molecule has 3 heterocycles. The third kappa shape index (κ3) is 5.94. The number of likely N-dealkylation sites (tertiary alicyclic amines) is 1. The van der Waals surface area contributed by atoms with E-state index in [0.29, 0.717) is 61.8 Å². The van der Waals surface area contributed by atoms with Gasteiger partial charge in [-0.3, -0.25) is 9.59 Å². The quantitative estimate of drug-likeness (QED) is 0.139. The molecule has 0 aliphatic carbocycles. The molecule has 1 amide bonds. The Morgan fingerprint density at radius 3 is 2.68 bits per heavy atom. The van der Waals surface area contributed by atoms with Crippen molar-refractivity contribution >= 4 is 17.4 Å². The number of fused-ring (bicyclic) bond motifs is 1. The van der Waals surface area contributed by atoms with Crippen molar-refractivity contribution in [3.05, 3.63) is 77.4 Å². The number of aliphatic hydroxyl groups is 1. The number of aryl methyl sites for hydroxylation is 1. The molecule has 0 bridgehead atoms. The van der Waals surface area contributed by atoms with Crippen LogP contribution in [0, 0.1) is 0 Å². The third-order valence-electron chi connectivity index (χ3n) is 7.42. The molecule has 1 N–H and O–H groups in total. The molecule has 9 nitrogen and oxygen atoms in total. The predicted molar refractivity (Wildman–Crippen MR) is 154 cm³/mol.